The van der Waals surface area contributed by atoms with E-state index in [9.17, 15) is 9.59 Å². The highest BCUT2D eigenvalue weighted by atomic mass is 16.6. The van der Waals surface area contributed by atoms with Crippen molar-refractivity contribution >= 4 is 12.0 Å². The molecule has 160 valence electrons. The van der Waals surface area contributed by atoms with E-state index in [1.807, 2.05) is 23.1 Å². The van der Waals surface area contributed by atoms with E-state index in [-0.39, 0.29) is 18.0 Å². The molecule has 3 rings (SSSR count). The number of carbonyl (C=O) groups is 2. The summed E-state index contributed by atoms with van der Waals surface area (Å²) in [5.74, 6) is 1.70. The van der Waals surface area contributed by atoms with Gasteiger partial charge in [0.1, 0.15) is 11.5 Å². The highest BCUT2D eigenvalue weighted by Gasteiger charge is 2.32. The number of hydrogen-bond acceptors (Lipinski definition) is 6. The highest BCUT2D eigenvalue weighted by Crippen LogP contribution is 2.38. The first-order valence-corrected chi connectivity index (χ1v) is 10.2. The molecule has 2 heterocycles. The van der Waals surface area contributed by atoms with E-state index in [2.05, 4.69) is 4.90 Å². The molecule has 0 bridgehead atoms. The average Bonchev–Trinajstić information content (AvgIpc) is 3.21. The third-order valence-electron chi connectivity index (χ3n) is 5.66. The van der Waals surface area contributed by atoms with Crippen LogP contribution in [0.2, 0.25) is 0 Å². The summed E-state index contributed by atoms with van der Waals surface area (Å²) >= 11 is 0. The van der Waals surface area contributed by atoms with Gasteiger partial charge in [-0.25, -0.2) is 4.79 Å². The molecule has 0 radical (unpaired) electrons. The standard InChI is InChI=1S/C21H31N3O5/c1-4-29-21(26)23-12-10-22(11-13-23)20(25)15-24-9-5-6-18(24)17-14-16(27-2)7-8-19(17)28-3/h7-8,14,18H,4-6,9-13,15H2,1-3H3. The molecular weight excluding hydrogens is 374 g/mol. The van der Waals surface area contributed by atoms with Gasteiger partial charge in [-0.3, -0.25) is 9.69 Å². The molecule has 2 fully saturated rings. The quantitative estimate of drug-likeness (QED) is 0.722. The topological polar surface area (TPSA) is 71.6 Å². The van der Waals surface area contributed by atoms with E-state index in [1.165, 1.54) is 0 Å². The smallest absolute Gasteiger partial charge is 0.409 e. The number of hydrogen-bond donors (Lipinski definition) is 0. The van der Waals surface area contributed by atoms with Crippen molar-refractivity contribution < 1.29 is 23.8 Å². The molecule has 8 nitrogen and oxygen atoms in total. The van der Waals surface area contributed by atoms with Crippen LogP contribution in [-0.4, -0.2) is 86.8 Å². The van der Waals surface area contributed by atoms with Gasteiger partial charge in [-0.2, -0.15) is 0 Å². The zero-order valence-corrected chi connectivity index (χ0v) is 17.6. The lowest BCUT2D eigenvalue weighted by atomic mass is 10.0. The Morgan fingerprint density at radius 2 is 1.76 bits per heavy atom. The SMILES string of the molecule is CCOC(=O)N1CCN(C(=O)CN2CCCC2c2cc(OC)ccc2OC)CC1. The number of ether oxygens (including phenoxy) is 3. The Hall–Kier alpha value is -2.48. The van der Waals surface area contributed by atoms with Gasteiger partial charge in [0.05, 0.1) is 27.4 Å². The maximum Gasteiger partial charge on any atom is 0.409 e. The third-order valence-corrected chi connectivity index (χ3v) is 5.66. The molecule has 29 heavy (non-hydrogen) atoms. The van der Waals surface area contributed by atoms with E-state index >= 15 is 0 Å². The van der Waals surface area contributed by atoms with Crippen molar-refractivity contribution in [3.05, 3.63) is 23.8 Å². The Kier molecular flexibility index (Phi) is 7.19. The summed E-state index contributed by atoms with van der Waals surface area (Å²) in [6.45, 7) is 5.50. The molecule has 2 saturated heterocycles. The first-order valence-electron chi connectivity index (χ1n) is 10.2. The molecule has 0 N–H and O–H groups in total. The Bertz CT molecular complexity index is 718. The molecule has 0 aromatic heterocycles. The molecule has 0 saturated carbocycles. The minimum absolute atomic E-state index is 0.0993. The minimum atomic E-state index is -0.302. The molecule has 0 aliphatic carbocycles. The monoisotopic (exact) mass is 405 g/mol. The van der Waals surface area contributed by atoms with Gasteiger partial charge in [0.15, 0.2) is 0 Å². The van der Waals surface area contributed by atoms with E-state index < -0.39 is 0 Å². The Balaban J connectivity index is 1.62. The van der Waals surface area contributed by atoms with Crippen LogP contribution in [0.15, 0.2) is 18.2 Å². The van der Waals surface area contributed by atoms with Gasteiger partial charge < -0.3 is 24.0 Å². The van der Waals surface area contributed by atoms with Crippen LogP contribution in [0.5, 0.6) is 11.5 Å². The van der Waals surface area contributed by atoms with Crippen molar-refractivity contribution in [3.63, 3.8) is 0 Å². The van der Waals surface area contributed by atoms with Crippen LogP contribution in [0.3, 0.4) is 0 Å². The first-order chi connectivity index (χ1) is 14.1. The van der Waals surface area contributed by atoms with E-state index in [0.717, 1.165) is 36.4 Å². The number of nitrogens with zero attached hydrogens (tertiary/aromatic N) is 3. The Labute approximate surface area is 172 Å². The lowest BCUT2D eigenvalue weighted by Crippen LogP contribution is -2.52. The first kappa shape index (κ1) is 21.2. The van der Waals surface area contributed by atoms with Crippen molar-refractivity contribution in [1.82, 2.24) is 14.7 Å². The van der Waals surface area contributed by atoms with Gasteiger partial charge in [0.2, 0.25) is 5.91 Å². The fourth-order valence-electron chi connectivity index (χ4n) is 4.09. The van der Waals surface area contributed by atoms with Crippen LogP contribution in [0.4, 0.5) is 4.79 Å². The van der Waals surface area contributed by atoms with E-state index in [1.54, 1.807) is 26.0 Å². The van der Waals surface area contributed by atoms with Gasteiger partial charge in [0.25, 0.3) is 0 Å². The summed E-state index contributed by atoms with van der Waals surface area (Å²) in [4.78, 5) is 30.5. The van der Waals surface area contributed by atoms with Gasteiger partial charge >= 0.3 is 6.09 Å². The predicted molar refractivity (Wildman–Crippen MR) is 108 cm³/mol. The third kappa shape index (κ3) is 4.93. The molecular formula is C21H31N3O5. The van der Waals surface area contributed by atoms with Crippen molar-refractivity contribution in [2.24, 2.45) is 0 Å². The zero-order chi connectivity index (χ0) is 20.8. The lowest BCUT2D eigenvalue weighted by Gasteiger charge is -2.35. The Morgan fingerprint density at radius 3 is 2.41 bits per heavy atom. The lowest BCUT2D eigenvalue weighted by molar-refractivity contribution is -0.134. The summed E-state index contributed by atoms with van der Waals surface area (Å²) < 4.78 is 16.0. The summed E-state index contributed by atoms with van der Waals surface area (Å²) in [5, 5.41) is 0. The molecule has 2 aliphatic rings. The van der Waals surface area contributed by atoms with Crippen molar-refractivity contribution in [2.75, 3.05) is 60.1 Å². The predicted octanol–water partition coefficient (Wildman–Crippen LogP) is 2.14. The maximum atomic E-state index is 12.9. The van der Waals surface area contributed by atoms with Crippen LogP contribution in [0, 0.1) is 0 Å². The molecule has 2 amide bonds. The number of amides is 2. The molecule has 8 heteroatoms. The molecule has 2 aliphatic heterocycles. The molecule has 1 atom stereocenters. The fourth-order valence-corrected chi connectivity index (χ4v) is 4.09. The van der Waals surface area contributed by atoms with Crippen molar-refractivity contribution in [2.45, 2.75) is 25.8 Å². The minimum Gasteiger partial charge on any atom is -0.497 e. The second kappa shape index (κ2) is 9.82. The van der Waals surface area contributed by atoms with Gasteiger partial charge in [0, 0.05) is 37.8 Å². The molecule has 1 aromatic carbocycles. The summed E-state index contributed by atoms with van der Waals surface area (Å²) in [7, 11) is 3.32. The van der Waals surface area contributed by atoms with Crippen LogP contribution in [0.1, 0.15) is 31.4 Å². The van der Waals surface area contributed by atoms with Gasteiger partial charge in [-0.15, -0.1) is 0 Å². The maximum absolute atomic E-state index is 12.9. The van der Waals surface area contributed by atoms with E-state index in [0.29, 0.717) is 39.3 Å². The fraction of sp³-hybridized carbons (Fsp3) is 0.619. The second-order valence-electron chi connectivity index (χ2n) is 7.30. The molecule has 0 spiro atoms. The highest BCUT2D eigenvalue weighted by molar-refractivity contribution is 5.79. The average molecular weight is 405 g/mol. The Morgan fingerprint density at radius 1 is 1.03 bits per heavy atom. The van der Waals surface area contributed by atoms with Crippen LogP contribution in [-0.2, 0) is 9.53 Å². The number of piperazine rings is 1. The van der Waals surface area contributed by atoms with Crippen LogP contribution >= 0.6 is 0 Å². The number of benzene rings is 1. The van der Waals surface area contributed by atoms with Crippen LogP contribution < -0.4 is 9.47 Å². The van der Waals surface area contributed by atoms with E-state index in [4.69, 9.17) is 14.2 Å². The number of methoxy groups -OCH3 is 2. The number of carbonyl (C=O) groups excluding carboxylic acids is 2. The largest absolute Gasteiger partial charge is 0.497 e. The molecule has 1 aromatic rings. The van der Waals surface area contributed by atoms with Gasteiger partial charge in [-0.1, -0.05) is 0 Å². The summed E-state index contributed by atoms with van der Waals surface area (Å²) in [6, 6.07) is 5.94. The zero-order valence-electron chi connectivity index (χ0n) is 17.6. The second-order valence-corrected chi connectivity index (χ2v) is 7.30. The summed E-state index contributed by atoms with van der Waals surface area (Å²) in [5.41, 5.74) is 1.06. The number of rotatable bonds is 6. The van der Waals surface area contributed by atoms with Crippen molar-refractivity contribution in [3.8, 4) is 11.5 Å². The normalized spacial score (nSPS) is 19.9. The molecule has 1 unspecified atom stereocenters. The summed E-state index contributed by atoms with van der Waals surface area (Å²) in [6.07, 6.45) is 1.71. The van der Waals surface area contributed by atoms with Crippen molar-refractivity contribution in [1.29, 1.82) is 0 Å². The van der Waals surface area contributed by atoms with Crippen LogP contribution in [0.25, 0.3) is 0 Å². The number of likely N-dealkylation sites (tertiary alicyclic amines) is 1. The van der Waals surface area contributed by atoms with Gasteiger partial charge in [-0.05, 0) is 44.5 Å².